The van der Waals surface area contributed by atoms with Crippen LogP contribution in [0.4, 0.5) is 5.13 Å². The van der Waals surface area contributed by atoms with Crippen LogP contribution in [0.15, 0.2) is 53.9 Å². The average Bonchev–Trinajstić information content (AvgIpc) is 3.16. The molecule has 1 aromatic heterocycles. The van der Waals surface area contributed by atoms with Crippen LogP contribution in [-0.2, 0) is 11.2 Å². The van der Waals surface area contributed by atoms with E-state index in [0.717, 1.165) is 17.7 Å². The Bertz CT molecular complexity index is 970. The zero-order chi connectivity index (χ0) is 19.9. The molecular weight excluding hydrogens is 394 g/mol. The summed E-state index contributed by atoms with van der Waals surface area (Å²) in [6.07, 6.45) is 1.14. The van der Waals surface area contributed by atoms with Crippen molar-refractivity contribution in [3.63, 3.8) is 0 Å². The maximum absolute atomic E-state index is 12.1. The second-order valence-electron chi connectivity index (χ2n) is 6.12. The van der Waals surface area contributed by atoms with E-state index in [9.17, 15) is 9.59 Å². The SMILES string of the molecule is CCc1ccc(-c2csc(NC(=O)CCNC(=O)c3ccccc3Cl)n2)cc1. The topological polar surface area (TPSA) is 71.1 Å². The van der Waals surface area contributed by atoms with Gasteiger partial charge in [-0.3, -0.25) is 9.59 Å². The Morgan fingerprint density at radius 2 is 1.86 bits per heavy atom. The van der Waals surface area contributed by atoms with Crippen molar-refractivity contribution in [3.8, 4) is 11.3 Å². The minimum absolute atomic E-state index is 0.149. The van der Waals surface area contributed by atoms with Gasteiger partial charge in [0.1, 0.15) is 0 Å². The van der Waals surface area contributed by atoms with Crippen LogP contribution in [0, 0.1) is 0 Å². The molecule has 0 unspecified atom stereocenters. The summed E-state index contributed by atoms with van der Waals surface area (Å²) in [4.78, 5) is 28.6. The van der Waals surface area contributed by atoms with E-state index in [1.807, 2.05) is 17.5 Å². The highest BCUT2D eigenvalue weighted by molar-refractivity contribution is 7.14. The second-order valence-corrected chi connectivity index (χ2v) is 7.39. The van der Waals surface area contributed by atoms with Gasteiger partial charge in [0.25, 0.3) is 5.91 Å². The number of anilines is 1. The fraction of sp³-hybridized carbons (Fsp3) is 0.190. The zero-order valence-electron chi connectivity index (χ0n) is 15.4. The Labute approximate surface area is 172 Å². The number of halogens is 1. The van der Waals surface area contributed by atoms with E-state index in [2.05, 4.69) is 34.7 Å². The predicted molar refractivity (Wildman–Crippen MR) is 114 cm³/mol. The number of hydrogen-bond donors (Lipinski definition) is 2. The summed E-state index contributed by atoms with van der Waals surface area (Å²) in [5, 5.41) is 8.30. The van der Waals surface area contributed by atoms with Crippen molar-refractivity contribution in [2.24, 2.45) is 0 Å². The molecule has 0 atom stereocenters. The van der Waals surface area contributed by atoms with E-state index >= 15 is 0 Å². The lowest BCUT2D eigenvalue weighted by Gasteiger charge is -2.06. The Kier molecular flexibility index (Phi) is 6.79. The minimum atomic E-state index is -0.300. The molecule has 28 heavy (non-hydrogen) atoms. The highest BCUT2D eigenvalue weighted by atomic mass is 35.5. The van der Waals surface area contributed by atoms with E-state index in [1.165, 1.54) is 16.9 Å². The molecule has 2 amide bonds. The van der Waals surface area contributed by atoms with Gasteiger partial charge in [-0.15, -0.1) is 11.3 Å². The van der Waals surface area contributed by atoms with Gasteiger partial charge in [0.05, 0.1) is 16.3 Å². The summed E-state index contributed by atoms with van der Waals surface area (Å²) in [6, 6.07) is 15.0. The van der Waals surface area contributed by atoms with Crippen LogP contribution in [0.25, 0.3) is 11.3 Å². The number of aromatic nitrogens is 1. The highest BCUT2D eigenvalue weighted by Gasteiger charge is 2.11. The van der Waals surface area contributed by atoms with E-state index in [4.69, 9.17) is 11.6 Å². The highest BCUT2D eigenvalue weighted by Crippen LogP contribution is 2.25. The smallest absolute Gasteiger partial charge is 0.252 e. The lowest BCUT2D eigenvalue weighted by molar-refractivity contribution is -0.116. The molecule has 0 bridgehead atoms. The van der Waals surface area contributed by atoms with E-state index in [1.54, 1.807) is 24.3 Å². The van der Waals surface area contributed by atoms with Crippen molar-refractivity contribution in [3.05, 3.63) is 70.1 Å². The summed E-state index contributed by atoms with van der Waals surface area (Å²) in [5.41, 5.74) is 3.51. The molecule has 0 aliphatic carbocycles. The first-order valence-corrected chi connectivity index (χ1v) is 10.2. The summed E-state index contributed by atoms with van der Waals surface area (Å²) < 4.78 is 0. The number of nitrogens with zero attached hydrogens (tertiary/aromatic N) is 1. The number of benzene rings is 2. The van der Waals surface area contributed by atoms with Gasteiger partial charge in [0, 0.05) is 23.9 Å². The monoisotopic (exact) mass is 413 g/mol. The quantitative estimate of drug-likeness (QED) is 0.585. The van der Waals surface area contributed by atoms with Crippen molar-refractivity contribution in [1.29, 1.82) is 0 Å². The first-order valence-electron chi connectivity index (χ1n) is 8.94. The van der Waals surface area contributed by atoms with Crippen LogP contribution in [-0.4, -0.2) is 23.3 Å². The summed E-state index contributed by atoms with van der Waals surface area (Å²) in [6.45, 7) is 2.33. The lowest BCUT2D eigenvalue weighted by Crippen LogP contribution is -2.27. The Balaban J connectivity index is 1.49. The van der Waals surface area contributed by atoms with E-state index in [-0.39, 0.29) is 24.8 Å². The summed E-state index contributed by atoms with van der Waals surface area (Å²) in [5.74, 6) is -0.507. The van der Waals surface area contributed by atoms with Crippen LogP contribution in [0.3, 0.4) is 0 Å². The number of carbonyl (C=O) groups is 2. The number of rotatable bonds is 7. The van der Waals surface area contributed by atoms with E-state index < -0.39 is 0 Å². The van der Waals surface area contributed by atoms with Gasteiger partial charge in [-0.05, 0) is 24.1 Å². The first-order chi connectivity index (χ1) is 13.6. The number of thiazole rings is 1. The zero-order valence-corrected chi connectivity index (χ0v) is 16.9. The number of nitrogens with one attached hydrogen (secondary N) is 2. The lowest BCUT2D eigenvalue weighted by atomic mass is 10.1. The van der Waals surface area contributed by atoms with Gasteiger partial charge < -0.3 is 10.6 Å². The fourth-order valence-corrected chi connectivity index (χ4v) is 3.54. The molecule has 0 aliphatic heterocycles. The molecule has 0 fully saturated rings. The molecule has 0 aliphatic rings. The van der Waals surface area contributed by atoms with Gasteiger partial charge in [0.15, 0.2) is 5.13 Å². The van der Waals surface area contributed by atoms with Crippen LogP contribution < -0.4 is 10.6 Å². The van der Waals surface area contributed by atoms with Gasteiger partial charge in [-0.1, -0.05) is 54.9 Å². The molecule has 3 rings (SSSR count). The Morgan fingerprint density at radius 3 is 2.57 bits per heavy atom. The Hall–Kier alpha value is -2.70. The number of hydrogen-bond acceptors (Lipinski definition) is 4. The van der Waals surface area contributed by atoms with Gasteiger partial charge in [-0.25, -0.2) is 4.98 Å². The second kappa shape index (κ2) is 9.48. The van der Waals surface area contributed by atoms with Crippen LogP contribution in [0.5, 0.6) is 0 Å². The normalized spacial score (nSPS) is 10.5. The number of carbonyl (C=O) groups excluding carboxylic acids is 2. The minimum Gasteiger partial charge on any atom is -0.351 e. The standard InChI is InChI=1S/C21H20ClN3O2S/c1-2-14-7-9-15(10-8-14)18-13-28-21(24-18)25-19(26)11-12-23-20(27)16-5-3-4-6-17(16)22/h3-10,13H,2,11-12H2,1H3,(H,23,27)(H,24,25,26). The first kappa shape index (κ1) is 20.0. The largest absolute Gasteiger partial charge is 0.351 e. The van der Waals surface area contributed by atoms with Crippen molar-refractivity contribution >= 4 is 39.9 Å². The maximum atomic E-state index is 12.1. The van der Waals surface area contributed by atoms with Gasteiger partial charge in [0.2, 0.25) is 5.91 Å². The van der Waals surface area contributed by atoms with Crippen molar-refractivity contribution < 1.29 is 9.59 Å². The molecule has 1 heterocycles. The van der Waals surface area contributed by atoms with Crippen LogP contribution in [0.2, 0.25) is 5.02 Å². The molecule has 0 spiro atoms. The molecule has 0 saturated carbocycles. The number of amides is 2. The third-order valence-corrected chi connectivity index (χ3v) is 5.25. The molecule has 2 N–H and O–H groups in total. The summed E-state index contributed by atoms with van der Waals surface area (Å²) in [7, 11) is 0. The van der Waals surface area contributed by atoms with E-state index in [0.29, 0.717) is 15.7 Å². The third-order valence-electron chi connectivity index (χ3n) is 4.16. The van der Waals surface area contributed by atoms with Gasteiger partial charge >= 0.3 is 0 Å². The molecule has 5 nitrogen and oxygen atoms in total. The predicted octanol–water partition coefficient (Wildman–Crippen LogP) is 4.78. The molecular formula is C21H20ClN3O2S. The molecule has 0 radical (unpaired) electrons. The number of aryl methyl sites for hydroxylation is 1. The molecule has 144 valence electrons. The fourth-order valence-electron chi connectivity index (χ4n) is 2.59. The van der Waals surface area contributed by atoms with Gasteiger partial charge in [-0.2, -0.15) is 0 Å². The molecule has 7 heteroatoms. The Morgan fingerprint density at radius 1 is 1.11 bits per heavy atom. The third kappa shape index (κ3) is 5.18. The average molecular weight is 414 g/mol. The van der Waals surface area contributed by atoms with Crippen molar-refractivity contribution in [2.45, 2.75) is 19.8 Å². The van der Waals surface area contributed by atoms with Crippen molar-refractivity contribution in [2.75, 3.05) is 11.9 Å². The molecule has 2 aromatic carbocycles. The maximum Gasteiger partial charge on any atom is 0.252 e. The van der Waals surface area contributed by atoms with Crippen LogP contribution in [0.1, 0.15) is 29.3 Å². The summed E-state index contributed by atoms with van der Waals surface area (Å²) >= 11 is 7.36. The van der Waals surface area contributed by atoms with Crippen molar-refractivity contribution in [1.82, 2.24) is 10.3 Å². The molecule has 3 aromatic rings. The molecule has 0 saturated heterocycles. The van der Waals surface area contributed by atoms with Crippen LogP contribution >= 0.6 is 22.9 Å².